The molecule has 1 fully saturated rings. The molecular weight excluding hydrogens is 216 g/mol. The van der Waals surface area contributed by atoms with Gasteiger partial charge >= 0.3 is 5.97 Å². The van der Waals surface area contributed by atoms with Crippen LogP contribution < -0.4 is 0 Å². The highest BCUT2D eigenvalue weighted by Crippen LogP contribution is 2.40. The van der Waals surface area contributed by atoms with Crippen LogP contribution in [-0.4, -0.2) is 24.6 Å². The summed E-state index contributed by atoms with van der Waals surface area (Å²) in [5, 5.41) is 0. The smallest absolute Gasteiger partial charge is 0.306 e. The van der Waals surface area contributed by atoms with Crippen LogP contribution in [0.15, 0.2) is 9.81 Å². The van der Waals surface area contributed by atoms with Gasteiger partial charge in [-0.3, -0.25) is 4.79 Å². The molecule has 80 valence electrons. The second-order valence-corrected chi connectivity index (χ2v) is 5.82. The number of carbonyl (C=O) groups excluding carboxylic acids is 1. The number of hydrogen-bond acceptors (Lipinski definition) is 4. The van der Waals surface area contributed by atoms with Gasteiger partial charge in [-0.2, -0.15) is 0 Å². The molecule has 0 radical (unpaired) electrons. The summed E-state index contributed by atoms with van der Waals surface area (Å²) in [6.45, 7) is 4.20. The van der Waals surface area contributed by atoms with Gasteiger partial charge in [-0.15, -0.1) is 23.5 Å². The van der Waals surface area contributed by atoms with Gasteiger partial charge in [-0.25, -0.2) is 0 Å². The van der Waals surface area contributed by atoms with Gasteiger partial charge in [0, 0.05) is 15.7 Å². The van der Waals surface area contributed by atoms with E-state index in [1.165, 1.54) is 28.4 Å². The van der Waals surface area contributed by atoms with Crippen molar-refractivity contribution in [1.82, 2.24) is 0 Å². The predicted octanol–water partition coefficient (Wildman–Crippen LogP) is 2.90. The zero-order valence-corrected chi connectivity index (χ0v) is 10.5. The number of carbonyl (C=O) groups is 1. The van der Waals surface area contributed by atoms with Crippen molar-refractivity contribution < 1.29 is 9.53 Å². The Bertz CT molecular complexity index is 241. The number of hydrogen-bond donors (Lipinski definition) is 0. The zero-order valence-electron chi connectivity index (χ0n) is 8.83. The molecule has 0 N–H and O–H groups in total. The zero-order chi connectivity index (χ0) is 10.6. The highest BCUT2D eigenvalue weighted by Gasteiger charge is 2.17. The van der Waals surface area contributed by atoms with Crippen LogP contribution in [-0.2, 0) is 9.53 Å². The quantitative estimate of drug-likeness (QED) is 0.699. The van der Waals surface area contributed by atoms with Crippen molar-refractivity contribution in [2.24, 2.45) is 5.92 Å². The molecule has 1 aliphatic heterocycles. The molecule has 0 aromatic rings. The molecule has 1 atom stereocenters. The first-order valence-corrected chi connectivity index (χ1v) is 6.65. The standard InChI is InChI=1S/C10H16O2S2/c1-7(6-9(11)12-3)8(2)10-13-4-5-14-10/h7H,4-6H2,1-3H3. The number of allylic oxidation sites excluding steroid dienone is 1. The second kappa shape index (κ2) is 5.71. The lowest BCUT2D eigenvalue weighted by Gasteiger charge is -2.12. The summed E-state index contributed by atoms with van der Waals surface area (Å²) in [5.74, 6) is 2.57. The Kier molecular flexibility index (Phi) is 4.89. The van der Waals surface area contributed by atoms with Crippen molar-refractivity contribution in [3.8, 4) is 0 Å². The molecule has 14 heavy (non-hydrogen) atoms. The fourth-order valence-corrected chi connectivity index (χ4v) is 3.95. The van der Waals surface area contributed by atoms with Gasteiger partial charge in [-0.05, 0) is 18.4 Å². The number of ether oxygens (including phenoxy) is 1. The normalized spacial score (nSPS) is 18.1. The largest absolute Gasteiger partial charge is 0.469 e. The summed E-state index contributed by atoms with van der Waals surface area (Å²) in [5.41, 5.74) is 1.34. The highest BCUT2D eigenvalue weighted by atomic mass is 32.2. The molecular formula is C10H16O2S2. The van der Waals surface area contributed by atoms with Gasteiger partial charge in [0.05, 0.1) is 13.5 Å². The first kappa shape index (κ1) is 12.0. The van der Waals surface area contributed by atoms with Crippen molar-refractivity contribution in [2.75, 3.05) is 18.6 Å². The van der Waals surface area contributed by atoms with Crippen molar-refractivity contribution in [1.29, 1.82) is 0 Å². The van der Waals surface area contributed by atoms with Gasteiger partial charge in [0.2, 0.25) is 0 Å². The molecule has 1 saturated heterocycles. The number of esters is 1. The summed E-state index contributed by atoms with van der Waals surface area (Å²) in [6, 6.07) is 0. The van der Waals surface area contributed by atoms with Crippen LogP contribution >= 0.6 is 23.5 Å². The third-order valence-electron chi connectivity index (χ3n) is 2.31. The first-order chi connectivity index (χ1) is 6.65. The SMILES string of the molecule is COC(=O)CC(C)C(C)=C1SCCS1. The molecule has 0 saturated carbocycles. The topological polar surface area (TPSA) is 26.3 Å². The fourth-order valence-electron chi connectivity index (χ4n) is 1.23. The van der Waals surface area contributed by atoms with E-state index in [1.807, 2.05) is 23.5 Å². The molecule has 1 aliphatic rings. The molecule has 1 rings (SSSR count). The van der Waals surface area contributed by atoms with E-state index in [1.54, 1.807) is 0 Å². The summed E-state index contributed by atoms with van der Waals surface area (Å²) < 4.78 is 6.06. The first-order valence-electron chi connectivity index (χ1n) is 4.68. The molecule has 2 nitrogen and oxygen atoms in total. The Morgan fingerprint density at radius 2 is 2.07 bits per heavy atom. The summed E-state index contributed by atoms with van der Waals surface area (Å²) in [7, 11) is 1.44. The minimum absolute atomic E-state index is 0.120. The minimum atomic E-state index is -0.120. The maximum atomic E-state index is 11.1. The second-order valence-electron chi connectivity index (χ2n) is 3.35. The Hall–Kier alpha value is -0.0900. The monoisotopic (exact) mass is 232 g/mol. The summed E-state index contributed by atoms with van der Waals surface area (Å²) >= 11 is 3.81. The van der Waals surface area contributed by atoms with Gasteiger partial charge < -0.3 is 4.74 Å². The van der Waals surface area contributed by atoms with Crippen LogP contribution in [0.5, 0.6) is 0 Å². The van der Waals surface area contributed by atoms with E-state index in [9.17, 15) is 4.79 Å². The molecule has 4 heteroatoms. The van der Waals surface area contributed by atoms with E-state index in [-0.39, 0.29) is 5.97 Å². The van der Waals surface area contributed by atoms with Gasteiger partial charge in [0.15, 0.2) is 0 Å². The average Bonchev–Trinajstić information content (AvgIpc) is 2.69. The molecule has 1 unspecified atom stereocenters. The van der Waals surface area contributed by atoms with Crippen LogP contribution in [0.1, 0.15) is 20.3 Å². The number of thioether (sulfide) groups is 2. The van der Waals surface area contributed by atoms with Crippen molar-refractivity contribution in [3.63, 3.8) is 0 Å². The Balaban J connectivity index is 2.54. The van der Waals surface area contributed by atoms with Crippen LogP contribution in [0, 0.1) is 5.92 Å². The lowest BCUT2D eigenvalue weighted by atomic mass is 10.0. The molecule has 0 aliphatic carbocycles. The average molecular weight is 232 g/mol. The molecule has 0 spiro atoms. The fraction of sp³-hybridized carbons (Fsp3) is 0.700. The van der Waals surface area contributed by atoms with E-state index in [0.29, 0.717) is 12.3 Å². The van der Waals surface area contributed by atoms with Gasteiger partial charge in [0.1, 0.15) is 0 Å². The third kappa shape index (κ3) is 3.24. The summed E-state index contributed by atoms with van der Waals surface area (Å²) in [6.07, 6.45) is 0.493. The van der Waals surface area contributed by atoms with E-state index in [0.717, 1.165) is 0 Å². The maximum Gasteiger partial charge on any atom is 0.306 e. The Labute approximate surface area is 93.8 Å². The molecule has 0 aromatic heterocycles. The number of methoxy groups -OCH3 is 1. The lowest BCUT2D eigenvalue weighted by Crippen LogP contribution is -2.08. The molecule has 1 heterocycles. The van der Waals surface area contributed by atoms with Crippen LogP contribution in [0.3, 0.4) is 0 Å². The van der Waals surface area contributed by atoms with E-state index < -0.39 is 0 Å². The van der Waals surface area contributed by atoms with Crippen molar-refractivity contribution in [3.05, 3.63) is 9.81 Å². The van der Waals surface area contributed by atoms with Crippen LogP contribution in [0.25, 0.3) is 0 Å². The van der Waals surface area contributed by atoms with Crippen LogP contribution in [0.4, 0.5) is 0 Å². The molecule has 0 amide bonds. The maximum absolute atomic E-state index is 11.1. The lowest BCUT2D eigenvalue weighted by molar-refractivity contribution is -0.141. The Morgan fingerprint density at radius 1 is 1.50 bits per heavy atom. The Morgan fingerprint density at radius 3 is 2.57 bits per heavy atom. The summed E-state index contributed by atoms with van der Waals surface area (Å²) in [4.78, 5) is 11.1. The number of rotatable bonds is 3. The van der Waals surface area contributed by atoms with Crippen molar-refractivity contribution >= 4 is 29.5 Å². The third-order valence-corrected chi connectivity index (χ3v) is 5.26. The van der Waals surface area contributed by atoms with E-state index in [4.69, 9.17) is 0 Å². The van der Waals surface area contributed by atoms with Gasteiger partial charge in [-0.1, -0.05) is 6.92 Å². The molecule has 0 bridgehead atoms. The van der Waals surface area contributed by atoms with Gasteiger partial charge in [0.25, 0.3) is 0 Å². The van der Waals surface area contributed by atoms with E-state index in [2.05, 4.69) is 18.6 Å². The predicted molar refractivity (Wildman–Crippen MR) is 63.4 cm³/mol. The van der Waals surface area contributed by atoms with Crippen molar-refractivity contribution in [2.45, 2.75) is 20.3 Å². The molecule has 0 aromatic carbocycles. The minimum Gasteiger partial charge on any atom is -0.469 e. The highest BCUT2D eigenvalue weighted by molar-refractivity contribution is 8.25. The van der Waals surface area contributed by atoms with Crippen LogP contribution in [0.2, 0.25) is 0 Å². The van der Waals surface area contributed by atoms with E-state index >= 15 is 0 Å².